The molecule has 0 aromatic carbocycles. The summed E-state index contributed by atoms with van der Waals surface area (Å²) in [5.41, 5.74) is 6.69. The second-order valence-electron chi connectivity index (χ2n) is 6.63. The van der Waals surface area contributed by atoms with Gasteiger partial charge >= 0.3 is 0 Å². The number of rotatable bonds is 9. The van der Waals surface area contributed by atoms with Crippen LogP contribution in [0.15, 0.2) is 12.7 Å². The lowest BCUT2D eigenvalue weighted by atomic mass is 10.1. The number of aromatic nitrogens is 4. The van der Waals surface area contributed by atoms with E-state index in [2.05, 4.69) is 20.3 Å². The first-order valence-corrected chi connectivity index (χ1v) is 8.85. The van der Waals surface area contributed by atoms with Gasteiger partial charge in [-0.2, -0.15) is 0 Å². The van der Waals surface area contributed by atoms with E-state index in [-0.39, 0.29) is 5.82 Å². The number of likely N-dealkylation sites (N-methyl/N-ethyl adjacent to an activating group) is 1. The molecule has 0 radical (unpaired) electrons. The Balaban J connectivity index is 1.61. The van der Waals surface area contributed by atoms with Gasteiger partial charge in [0.2, 0.25) is 0 Å². The van der Waals surface area contributed by atoms with Crippen LogP contribution in [-0.4, -0.2) is 99.9 Å². The molecule has 2 aromatic rings. The lowest BCUT2D eigenvalue weighted by Gasteiger charge is -2.22. The number of hydrogen-bond acceptors (Lipinski definition) is 10. The Bertz CT molecular complexity index is 743. The number of nitrogen functional groups attached to an aromatic ring is 1. The van der Waals surface area contributed by atoms with Gasteiger partial charge in [-0.15, -0.1) is 0 Å². The fraction of sp³-hybridized carbons (Fsp3) is 0.688. The van der Waals surface area contributed by atoms with Crippen molar-refractivity contribution in [1.29, 1.82) is 0 Å². The van der Waals surface area contributed by atoms with Crippen molar-refractivity contribution < 1.29 is 19.7 Å². The van der Waals surface area contributed by atoms with Crippen molar-refractivity contribution in [2.24, 2.45) is 0 Å². The number of imidazole rings is 1. The fourth-order valence-corrected chi connectivity index (χ4v) is 3.13. The van der Waals surface area contributed by atoms with Gasteiger partial charge in [-0.05, 0) is 7.05 Å². The number of nitrogens with one attached hydrogen (secondary N) is 1. The summed E-state index contributed by atoms with van der Waals surface area (Å²) in [5.74, 6) is 0.254. The summed E-state index contributed by atoms with van der Waals surface area (Å²) in [6, 6.07) is 0. The van der Waals surface area contributed by atoms with Crippen LogP contribution in [-0.2, 0) is 9.47 Å². The average molecular weight is 381 g/mol. The number of nitrogens with zero attached hydrogens (tertiary/aromatic N) is 5. The molecule has 0 amide bonds. The van der Waals surface area contributed by atoms with Crippen molar-refractivity contribution in [2.75, 3.05) is 52.7 Å². The highest BCUT2D eigenvalue weighted by molar-refractivity contribution is 5.81. The monoisotopic (exact) mass is 381 g/mol. The number of methoxy groups -OCH3 is 1. The van der Waals surface area contributed by atoms with E-state index in [0.29, 0.717) is 24.3 Å². The first-order valence-electron chi connectivity index (χ1n) is 8.85. The summed E-state index contributed by atoms with van der Waals surface area (Å²) in [5, 5.41) is 24.2. The maximum atomic E-state index is 10.5. The van der Waals surface area contributed by atoms with Crippen molar-refractivity contribution in [2.45, 2.75) is 24.5 Å². The van der Waals surface area contributed by atoms with Gasteiger partial charge in [0, 0.05) is 33.3 Å². The van der Waals surface area contributed by atoms with Gasteiger partial charge in [0.25, 0.3) is 0 Å². The van der Waals surface area contributed by atoms with Gasteiger partial charge in [0.15, 0.2) is 17.7 Å². The van der Waals surface area contributed by atoms with Crippen molar-refractivity contribution >= 4 is 17.0 Å². The molecule has 0 aliphatic carbocycles. The molecule has 1 saturated heterocycles. The Hall–Kier alpha value is -1.89. The number of fused-ring (bicyclic) bond motifs is 1. The van der Waals surface area contributed by atoms with Crippen molar-refractivity contribution in [3.8, 4) is 0 Å². The van der Waals surface area contributed by atoms with Crippen LogP contribution in [0.3, 0.4) is 0 Å². The highest BCUT2D eigenvalue weighted by Crippen LogP contribution is 2.32. The first-order chi connectivity index (χ1) is 13.0. The summed E-state index contributed by atoms with van der Waals surface area (Å²) >= 11 is 0. The lowest BCUT2D eigenvalue weighted by molar-refractivity contribution is -0.0420. The van der Waals surface area contributed by atoms with Gasteiger partial charge in [-0.25, -0.2) is 15.0 Å². The van der Waals surface area contributed by atoms with Crippen LogP contribution in [0.25, 0.3) is 11.2 Å². The second-order valence-corrected chi connectivity index (χ2v) is 6.63. The van der Waals surface area contributed by atoms with Gasteiger partial charge in [0.1, 0.15) is 30.2 Å². The number of aliphatic hydroxyl groups is 2. The van der Waals surface area contributed by atoms with Gasteiger partial charge < -0.3 is 35.6 Å². The molecule has 150 valence electrons. The molecule has 1 aliphatic rings. The largest absolute Gasteiger partial charge is 0.387 e. The Morgan fingerprint density at radius 2 is 2.11 bits per heavy atom. The van der Waals surface area contributed by atoms with E-state index >= 15 is 0 Å². The predicted molar refractivity (Wildman–Crippen MR) is 97.9 cm³/mol. The molecular weight excluding hydrogens is 354 g/mol. The van der Waals surface area contributed by atoms with Crippen LogP contribution in [0.2, 0.25) is 0 Å². The second kappa shape index (κ2) is 8.87. The third kappa shape index (κ3) is 4.34. The van der Waals surface area contributed by atoms with Crippen molar-refractivity contribution in [3.05, 3.63) is 12.7 Å². The van der Waals surface area contributed by atoms with E-state index < -0.39 is 24.5 Å². The predicted octanol–water partition coefficient (Wildman–Crippen LogP) is -1.80. The lowest BCUT2D eigenvalue weighted by Crippen LogP contribution is -2.40. The minimum Gasteiger partial charge on any atom is -0.387 e. The molecule has 3 heterocycles. The highest BCUT2D eigenvalue weighted by Gasteiger charge is 2.44. The summed E-state index contributed by atoms with van der Waals surface area (Å²) in [6.07, 6.45) is -0.632. The number of ether oxygens (including phenoxy) is 2. The molecule has 27 heavy (non-hydrogen) atoms. The molecule has 5 N–H and O–H groups in total. The molecule has 1 fully saturated rings. The normalized spacial score (nSPS) is 25.7. The molecule has 0 bridgehead atoms. The van der Waals surface area contributed by atoms with E-state index in [4.69, 9.17) is 15.2 Å². The Kier molecular flexibility index (Phi) is 6.52. The maximum Gasteiger partial charge on any atom is 0.167 e. The Morgan fingerprint density at radius 3 is 2.89 bits per heavy atom. The van der Waals surface area contributed by atoms with Crippen molar-refractivity contribution in [3.63, 3.8) is 0 Å². The van der Waals surface area contributed by atoms with Gasteiger partial charge in [0.05, 0.1) is 12.9 Å². The minimum atomic E-state index is -1.10. The molecule has 1 aliphatic heterocycles. The quantitative estimate of drug-likeness (QED) is 0.367. The summed E-state index contributed by atoms with van der Waals surface area (Å²) in [7, 11) is 3.60. The third-order valence-electron chi connectivity index (χ3n) is 4.64. The van der Waals surface area contributed by atoms with E-state index in [1.165, 1.54) is 12.7 Å². The zero-order chi connectivity index (χ0) is 19.4. The number of aliphatic hydroxyl groups excluding tert-OH is 2. The number of anilines is 1. The number of hydrogen-bond donors (Lipinski definition) is 4. The molecule has 0 spiro atoms. The zero-order valence-corrected chi connectivity index (χ0v) is 15.5. The fourth-order valence-electron chi connectivity index (χ4n) is 3.13. The molecule has 11 heteroatoms. The van der Waals surface area contributed by atoms with E-state index in [9.17, 15) is 10.2 Å². The van der Waals surface area contributed by atoms with Crippen LogP contribution in [0.1, 0.15) is 6.23 Å². The van der Waals surface area contributed by atoms with Crippen LogP contribution >= 0.6 is 0 Å². The van der Waals surface area contributed by atoms with Crippen LogP contribution in [0, 0.1) is 0 Å². The van der Waals surface area contributed by atoms with E-state index in [1.54, 1.807) is 11.7 Å². The average Bonchev–Trinajstić information content (AvgIpc) is 3.19. The topological polar surface area (TPSA) is 144 Å². The standard InChI is InChI=1S/C16H27N7O4/c1-22(5-3-18-4-6-26-2)7-10-12(24)13(25)16(27-10)23-9-21-11-14(17)19-8-20-15(11)23/h8-10,12-13,16,18,24-25H,3-7H2,1-2H3,(H2,17,19,20)/t10-,12-,13-,16-/m1/s1. The van der Waals surface area contributed by atoms with Crippen molar-refractivity contribution in [1.82, 2.24) is 29.7 Å². The number of nitrogens with two attached hydrogens (primary N) is 1. The Morgan fingerprint density at radius 1 is 1.30 bits per heavy atom. The summed E-state index contributed by atoms with van der Waals surface area (Å²) in [6.45, 7) is 3.48. The molecule has 4 atom stereocenters. The molecule has 11 nitrogen and oxygen atoms in total. The van der Waals surface area contributed by atoms with Gasteiger partial charge in [-0.1, -0.05) is 0 Å². The third-order valence-corrected chi connectivity index (χ3v) is 4.64. The van der Waals surface area contributed by atoms with E-state index in [0.717, 1.165) is 19.6 Å². The smallest absolute Gasteiger partial charge is 0.167 e. The van der Waals surface area contributed by atoms with E-state index in [1.807, 2.05) is 11.9 Å². The molecule has 3 rings (SSSR count). The van der Waals surface area contributed by atoms with Crippen LogP contribution in [0.4, 0.5) is 5.82 Å². The van der Waals surface area contributed by atoms with Crippen LogP contribution < -0.4 is 11.1 Å². The zero-order valence-electron chi connectivity index (χ0n) is 15.5. The molecule has 0 saturated carbocycles. The Labute approximate surface area is 157 Å². The molecule has 0 unspecified atom stereocenters. The molecule has 2 aromatic heterocycles. The maximum absolute atomic E-state index is 10.5. The molecular formula is C16H27N7O4. The summed E-state index contributed by atoms with van der Waals surface area (Å²) in [4.78, 5) is 14.3. The highest BCUT2D eigenvalue weighted by atomic mass is 16.6. The van der Waals surface area contributed by atoms with Crippen LogP contribution in [0.5, 0.6) is 0 Å². The van der Waals surface area contributed by atoms with Gasteiger partial charge in [-0.3, -0.25) is 4.57 Å². The summed E-state index contributed by atoms with van der Waals surface area (Å²) < 4.78 is 12.5. The minimum absolute atomic E-state index is 0.254. The SMILES string of the molecule is COCCNCCN(C)C[C@H]1O[C@@H](n2cnc3c(N)ncnc32)[C@H](O)[C@@H]1O. The first kappa shape index (κ1) is 19.9.